The van der Waals surface area contributed by atoms with Gasteiger partial charge in [-0.05, 0) is 12.2 Å². The van der Waals surface area contributed by atoms with Crippen molar-refractivity contribution in [1.29, 1.82) is 0 Å². The van der Waals surface area contributed by atoms with Gasteiger partial charge < -0.3 is 5.73 Å². The summed E-state index contributed by atoms with van der Waals surface area (Å²) in [6.07, 6.45) is 1.10. The molecule has 66 valence electrons. The summed E-state index contributed by atoms with van der Waals surface area (Å²) in [4.78, 5) is 11.0. The molecule has 0 radical (unpaired) electrons. The van der Waals surface area contributed by atoms with E-state index in [1.807, 2.05) is 11.8 Å². The molecule has 1 fully saturated rings. The molecular weight excluding hydrogens is 174 g/mol. The van der Waals surface area contributed by atoms with Gasteiger partial charge >= 0.3 is 0 Å². The minimum absolute atomic E-state index is 0.165. The van der Waals surface area contributed by atoms with E-state index in [9.17, 15) is 4.79 Å². The number of hydrogen-bond acceptors (Lipinski definition) is 4. The van der Waals surface area contributed by atoms with Gasteiger partial charge in [0, 0.05) is 11.7 Å². The van der Waals surface area contributed by atoms with Crippen LogP contribution in [0.25, 0.3) is 0 Å². The zero-order valence-electron chi connectivity index (χ0n) is 6.62. The monoisotopic (exact) mass is 185 g/mol. The lowest BCUT2D eigenvalue weighted by Crippen LogP contribution is -2.40. The molecule has 2 rings (SSSR count). The van der Waals surface area contributed by atoms with Crippen LogP contribution >= 0.6 is 11.8 Å². The van der Waals surface area contributed by atoms with Gasteiger partial charge in [-0.1, -0.05) is 0 Å². The van der Waals surface area contributed by atoms with E-state index in [4.69, 9.17) is 5.73 Å². The van der Waals surface area contributed by atoms with Crippen LogP contribution in [0.2, 0.25) is 0 Å². The topological polar surface area (TPSA) is 67.5 Å². The first kappa shape index (κ1) is 8.07. The molecule has 2 unspecified atom stereocenters. The predicted octanol–water partition coefficient (Wildman–Crippen LogP) is -0.447. The highest BCUT2D eigenvalue weighted by molar-refractivity contribution is 7.99. The Kier molecular flexibility index (Phi) is 2.06. The van der Waals surface area contributed by atoms with Crippen LogP contribution in [0.5, 0.6) is 0 Å². The van der Waals surface area contributed by atoms with Gasteiger partial charge in [0.1, 0.15) is 6.04 Å². The average molecular weight is 185 g/mol. The summed E-state index contributed by atoms with van der Waals surface area (Å²) in [5.41, 5.74) is 8.91. The molecule has 0 saturated carbocycles. The third-order valence-electron chi connectivity index (χ3n) is 2.24. The first-order valence-electron chi connectivity index (χ1n) is 3.99. The zero-order valence-corrected chi connectivity index (χ0v) is 7.43. The number of nitrogens with two attached hydrogens (primary N) is 1. The van der Waals surface area contributed by atoms with Crippen LogP contribution in [0.4, 0.5) is 0 Å². The van der Waals surface area contributed by atoms with Crippen molar-refractivity contribution in [2.75, 3.05) is 11.5 Å². The molecule has 12 heavy (non-hydrogen) atoms. The van der Waals surface area contributed by atoms with Crippen molar-refractivity contribution in [3.63, 3.8) is 0 Å². The molecule has 0 aromatic heterocycles. The van der Waals surface area contributed by atoms with Crippen molar-refractivity contribution >= 4 is 23.4 Å². The lowest BCUT2D eigenvalue weighted by Gasteiger charge is -2.09. The number of thioether (sulfide) groups is 1. The number of nitrogens with zero attached hydrogens (tertiary/aromatic N) is 1. The summed E-state index contributed by atoms with van der Waals surface area (Å²) in [5, 5.41) is 3.96. The fourth-order valence-corrected chi connectivity index (χ4v) is 2.75. The van der Waals surface area contributed by atoms with Crippen LogP contribution in [0.3, 0.4) is 0 Å². The molecule has 0 aromatic carbocycles. The van der Waals surface area contributed by atoms with Crippen LogP contribution in [0.1, 0.15) is 6.42 Å². The number of hydrogen-bond donors (Lipinski definition) is 2. The normalized spacial score (nSPS) is 35.1. The van der Waals surface area contributed by atoms with Crippen LogP contribution < -0.4 is 11.2 Å². The molecule has 3 N–H and O–H groups in total. The molecule has 2 atom stereocenters. The second-order valence-electron chi connectivity index (χ2n) is 3.05. The summed E-state index contributed by atoms with van der Waals surface area (Å²) < 4.78 is 0. The van der Waals surface area contributed by atoms with E-state index in [1.54, 1.807) is 0 Å². The minimum atomic E-state index is -0.492. The van der Waals surface area contributed by atoms with Crippen molar-refractivity contribution in [3.05, 3.63) is 0 Å². The van der Waals surface area contributed by atoms with Gasteiger partial charge in [0.25, 0.3) is 5.91 Å². The molecule has 2 aliphatic rings. The number of nitrogens with one attached hydrogen (secondary N) is 1. The Morgan fingerprint density at radius 1 is 1.67 bits per heavy atom. The number of rotatable bonds is 1. The number of carbonyl (C=O) groups excluding carboxylic acids is 1. The van der Waals surface area contributed by atoms with Crippen LogP contribution in [-0.4, -0.2) is 29.2 Å². The maximum Gasteiger partial charge on any atom is 0.262 e. The lowest BCUT2D eigenvalue weighted by molar-refractivity contribution is -0.120. The second kappa shape index (κ2) is 3.06. The number of carbonyl (C=O) groups is 1. The van der Waals surface area contributed by atoms with E-state index in [1.165, 1.54) is 0 Å². The predicted molar refractivity (Wildman–Crippen MR) is 49.0 cm³/mol. The number of amides is 1. The van der Waals surface area contributed by atoms with E-state index in [-0.39, 0.29) is 5.91 Å². The van der Waals surface area contributed by atoms with E-state index in [0.29, 0.717) is 5.92 Å². The molecule has 0 aromatic rings. The Morgan fingerprint density at radius 3 is 3.00 bits per heavy atom. The van der Waals surface area contributed by atoms with Crippen LogP contribution in [0, 0.1) is 5.92 Å². The molecule has 0 spiro atoms. The largest absolute Gasteiger partial charge is 0.315 e. The van der Waals surface area contributed by atoms with Gasteiger partial charge in [-0.2, -0.15) is 16.9 Å². The highest BCUT2D eigenvalue weighted by Crippen LogP contribution is 2.26. The van der Waals surface area contributed by atoms with Crippen molar-refractivity contribution in [1.82, 2.24) is 5.43 Å². The maximum absolute atomic E-state index is 11.0. The fraction of sp³-hybridized carbons (Fsp3) is 0.714. The second-order valence-corrected chi connectivity index (χ2v) is 4.20. The van der Waals surface area contributed by atoms with E-state index >= 15 is 0 Å². The average Bonchev–Trinajstić information content (AvgIpc) is 2.64. The molecule has 5 heteroatoms. The standard InChI is InChI=1S/C7H11N3OS/c8-5-6(9-10-7(5)11)4-1-2-12-3-4/h4-5H,1-3,8H2,(H,10,11). The summed E-state index contributed by atoms with van der Waals surface area (Å²) >= 11 is 1.90. The van der Waals surface area contributed by atoms with Crippen molar-refractivity contribution in [3.8, 4) is 0 Å². The molecule has 2 aliphatic heterocycles. The first-order chi connectivity index (χ1) is 5.79. The number of hydrazone groups is 1. The Hall–Kier alpha value is -0.550. The Balaban J connectivity index is 2.08. The quantitative estimate of drug-likeness (QED) is 0.581. The van der Waals surface area contributed by atoms with E-state index < -0.39 is 6.04 Å². The molecule has 2 heterocycles. The SMILES string of the molecule is NC1C(=O)NN=C1C1CCSC1. The van der Waals surface area contributed by atoms with E-state index in [0.717, 1.165) is 23.6 Å². The Labute approximate surface area is 75.0 Å². The lowest BCUT2D eigenvalue weighted by atomic mass is 9.98. The van der Waals surface area contributed by atoms with E-state index in [2.05, 4.69) is 10.5 Å². The Bertz CT molecular complexity index is 235. The molecule has 1 saturated heterocycles. The molecule has 1 amide bonds. The highest BCUT2D eigenvalue weighted by Gasteiger charge is 2.33. The minimum Gasteiger partial charge on any atom is -0.315 e. The summed E-state index contributed by atoms with van der Waals surface area (Å²) in [5.74, 6) is 2.47. The van der Waals surface area contributed by atoms with Crippen LogP contribution in [-0.2, 0) is 4.79 Å². The van der Waals surface area contributed by atoms with Crippen molar-refractivity contribution in [2.45, 2.75) is 12.5 Å². The smallest absolute Gasteiger partial charge is 0.262 e. The van der Waals surface area contributed by atoms with Crippen molar-refractivity contribution < 1.29 is 4.79 Å². The van der Waals surface area contributed by atoms with Gasteiger partial charge in [0.15, 0.2) is 0 Å². The van der Waals surface area contributed by atoms with Gasteiger partial charge in [-0.15, -0.1) is 0 Å². The summed E-state index contributed by atoms with van der Waals surface area (Å²) in [7, 11) is 0. The van der Waals surface area contributed by atoms with Crippen LogP contribution in [0.15, 0.2) is 5.10 Å². The molecule has 0 aliphatic carbocycles. The third-order valence-corrected chi connectivity index (χ3v) is 3.41. The fourth-order valence-electron chi connectivity index (χ4n) is 1.51. The highest BCUT2D eigenvalue weighted by atomic mass is 32.2. The van der Waals surface area contributed by atoms with Gasteiger partial charge in [0.2, 0.25) is 0 Å². The third kappa shape index (κ3) is 1.23. The van der Waals surface area contributed by atoms with Gasteiger partial charge in [-0.3, -0.25) is 4.79 Å². The molecular formula is C7H11N3OS. The Morgan fingerprint density at radius 2 is 2.50 bits per heavy atom. The van der Waals surface area contributed by atoms with Gasteiger partial charge in [-0.25, -0.2) is 5.43 Å². The summed E-state index contributed by atoms with van der Waals surface area (Å²) in [6.45, 7) is 0. The van der Waals surface area contributed by atoms with Gasteiger partial charge in [0.05, 0.1) is 5.71 Å². The zero-order chi connectivity index (χ0) is 8.55. The van der Waals surface area contributed by atoms with Crippen molar-refractivity contribution in [2.24, 2.45) is 16.8 Å². The molecule has 0 bridgehead atoms. The molecule has 4 nitrogen and oxygen atoms in total. The summed E-state index contributed by atoms with van der Waals surface area (Å²) in [6, 6.07) is -0.492. The maximum atomic E-state index is 11.0. The first-order valence-corrected chi connectivity index (χ1v) is 5.15.